The first-order chi connectivity index (χ1) is 9.10. The highest BCUT2D eigenvalue weighted by atomic mass is 79.9. The number of rotatable bonds is 4. The zero-order valence-corrected chi connectivity index (χ0v) is 12.2. The molecule has 100 valence electrons. The van der Waals surface area contributed by atoms with E-state index in [2.05, 4.69) is 25.9 Å². The third-order valence-electron chi connectivity index (χ3n) is 2.92. The number of H-pyrrole nitrogens is 1. The summed E-state index contributed by atoms with van der Waals surface area (Å²) in [6.45, 7) is 1.75. The molecule has 1 aromatic heterocycles. The fourth-order valence-electron chi connectivity index (χ4n) is 1.95. The average molecular weight is 323 g/mol. The Kier molecular flexibility index (Phi) is 4.50. The van der Waals surface area contributed by atoms with Crippen LogP contribution in [-0.2, 0) is 12.8 Å². The maximum atomic E-state index is 11.9. The van der Waals surface area contributed by atoms with E-state index in [4.69, 9.17) is 5.11 Å². The van der Waals surface area contributed by atoms with Crippen molar-refractivity contribution in [1.82, 2.24) is 9.97 Å². The molecule has 0 spiro atoms. The second kappa shape index (κ2) is 6.12. The number of aromatic amines is 1. The van der Waals surface area contributed by atoms with Gasteiger partial charge in [-0.2, -0.15) is 0 Å². The lowest BCUT2D eigenvalue weighted by molar-refractivity contribution is 0.298. The lowest BCUT2D eigenvalue weighted by Crippen LogP contribution is -2.20. The maximum Gasteiger partial charge on any atom is 0.254 e. The predicted molar refractivity (Wildman–Crippen MR) is 77.3 cm³/mol. The zero-order chi connectivity index (χ0) is 13.8. The number of aryl methyl sites for hydroxylation is 1. The van der Waals surface area contributed by atoms with E-state index in [0.29, 0.717) is 29.9 Å². The minimum atomic E-state index is -0.159. The van der Waals surface area contributed by atoms with Crippen LogP contribution in [0.4, 0.5) is 0 Å². The van der Waals surface area contributed by atoms with Crippen molar-refractivity contribution in [2.45, 2.75) is 19.8 Å². The van der Waals surface area contributed by atoms with Gasteiger partial charge >= 0.3 is 0 Å². The van der Waals surface area contributed by atoms with Crippen molar-refractivity contribution in [3.63, 3.8) is 0 Å². The summed E-state index contributed by atoms with van der Waals surface area (Å²) in [7, 11) is 0. The number of benzene rings is 1. The topological polar surface area (TPSA) is 66.0 Å². The Balaban J connectivity index is 2.27. The third-order valence-corrected chi connectivity index (χ3v) is 3.45. The number of aromatic nitrogens is 2. The molecule has 0 amide bonds. The Morgan fingerprint density at radius 2 is 2.00 bits per heavy atom. The Labute approximate surface area is 119 Å². The van der Waals surface area contributed by atoms with Crippen LogP contribution in [0.15, 0.2) is 33.5 Å². The number of hydrogen-bond acceptors (Lipinski definition) is 3. The summed E-state index contributed by atoms with van der Waals surface area (Å²) in [5.74, 6) is 0.645. The molecule has 2 N–H and O–H groups in total. The molecule has 0 fully saturated rings. The molecular weight excluding hydrogens is 308 g/mol. The van der Waals surface area contributed by atoms with Gasteiger partial charge in [0.05, 0.1) is 0 Å². The van der Waals surface area contributed by atoms with E-state index < -0.39 is 0 Å². The van der Waals surface area contributed by atoms with E-state index in [0.717, 1.165) is 10.0 Å². The smallest absolute Gasteiger partial charge is 0.254 e. The summed E-state index contributed by atoms with van der Waals surface area (Å²) in [5.41, 5.74) is 2.17. The van der Waals surface area contributed by atoms with Crippen molar-refractivity contribution in [2.24, 2.45) is 0 Å². The summed E-state index contributed by atoms with van der Waals surface area (Å²) in [5, 5.41) is 8.91. The fourth-order valence-corrected chi connectivity index (χ4v) is 2.22. The number of aliphatic hydroxyl groups is 1. The van der Waals surface area contributed by atoms with Crippen molar-refractivity contribution in [2.75, 3.05) is 6.61 Å². The van der Waals surface area contributed by atoms with Gasteiger partial charge in [0.1, 0.15) is 5.82 Å². The number of hydrogen-bond donors (Lipinski definition) is 2. The van der Waals surface area contributed by atoms with Gasteiger partial charge in [-0.3, -0.25) is 4.79 Å². The minimum absolute atomic E-state index is 0.0440. The summed E-state index contributed by atoms with van der Waals surface area (Å²) >= 11 is 3.38. The molecule has 0 saturated carbocycles. The first-order valence-corrected chi connectivity index (χ1v) is 6.83. The first kappa shape index (κ1) is 14.0. The van der Waals surface area contributed by atoms with E-state index in [1.807, 2.05) is 24.3 Å². The van der Waals surface area contributed by atoms with Crippen LogP contribution in [0.3, 0.4) is 0 Å². The van der Waals surface area contributed by atoms with Gasteiger partial charge < -0.3 is 10.1 Å². The lowest BCUT2D eigenvalue weighted by atomic mass is 10.1. The Morgan fingerprint density at radius 1 is 1.32 bits per heavy atom. The molecule has 0 radical (unpaired) electrons. The standard InChI is InChI=1S/C14H15BrN2O2/c1-9-12(6-7-18)14(19)17-13(16-9)8-10-2-4-11(15)5-3-10/h2-5,18H,6-8H2,1H3,(H,16,17,19). The Bertz CT molecular complexity index is 620. The highest BCUT2D eigenvalue weighted by Gasteiger charge is 2.08. The molecule has 4 nitrogen and oxygen atoms in total. The van der Waals surface area contributed by atoms with Crippen LogP contribution in [0, 0.1) is 6.92 Å². The quantitative estimate of drug-likeness (QED) is 0.904. The molecule has 0 unspecified atom stereocenters. The maximum absolute atomic E-state index is 11.9. The number of halogens is 1. The lowest BCUT2D eigenvalue weighted by Gasteiger charge is -2.06. The molecule has 0 aliphatic carbocycles. The van der Waals surface area contributed by atoms with E-state index in [1.165, 1.54) is 0 Å². The Morgan fingerprint density at radius 3 is 2.58 bits per heavy atom. The summed E-state index contributed by atoms with van der Waals surface area (Å²) in [4.78, 5) is 19.0. The summed E-state index contributed by atoms with van der Waals surface area (Å²) in [6, 6.07) is 7.89. The molecule has 5 heteroatoms. The second-order valence-electron chi connectivity index (χ2n) is 4.35. The second-order valence-corrected chi connectivity index (χ2v) is 5.27. The molecule has 0 atom stereocenters. The van der Waals surface area contributed by atoms with Crippen molar-refractivity contribution in [1.29, 1.82) is 0 Å². The van der Waals surface area contributed by atoms with E-state index in [-0.39, 0.29) is 12.2 Å². The van der Waals surface area contributed by atoms with E-state index in [9.17, 15) is 4.79 Å². The van der Waals surface area contributed by atoms with Crippen LogP contribution in [0.5, 0.6) is 0 Å². The fraction of sp³-hybridized carbons (Fsp3) is 0.286. The molecule has 0 aliphatic rings. The average Bonchev–Trinajstić information content (AvgIpc) is 2.37. The van der Waals surface area contributed by atoms with Gasteiger partial charge in [0.2, 0.25) is 0 Å². The summed E-state index contributed by atoms with van der Waals surface area (Å²) in [6.07, 6.45) is 0.926. The number of nitrogens with zero attached hydrogens (tertiary/aromatic N) is 1. The molecule has 0 aliphatic heterocycles. The molecule has 1 aromatic carbocycles. The monoisotopic (exact) mass is 322 g/mol. The van der Waals surface area contributed by atoms with E-state index >= 15 is 0 Å². The molecular formula is C14H15BrN2O2. The third kappa shape index (κ3) is 3.52. The minimum Gasteiger partial charge on any atom is -0.396 e. The largest absolute Gasteiger partial charge is 0.396 e. The number of nitrogens with one attached hydrogen (secondary N) is 1. The van der Waals surface area contributed by atoms with Gasteiger partial charge in [0.25, 0.3) is 5.56 Å². The van der Waals surface area contributed by atoms with Crippen molar-refractivity contribution >= 4 is 15.9 Å². The molecule has 2 aromatic rings. The van der Waals surface area contributed by atoms with E-state index in [1.54, 1.807) is 6.92 Å². The van der Waals surface area contributed by atoms with Gasteiger partial charge in [-0.25, -0.2) is 4.98 Å². The summed E-state index contributed by atoms with van der Waals surface area (Å²) < 4.78 is 1.02. The first-order valence-electron chi connectivity index (χ1n) is 6.04. The molecule has 0 saturated heterocycles. The highest BCUT2D eigenvalue weighted by Crippen LogP contribution is 2.12. The Hall–Kier alpha value is -1.46. The van der Waals surface area contributed by atoms with Crippen molar-refractivity contribution < 1.29 is 5.11 Å². The molecule has 0 bridgehead atoms. The van der Waals surface area contributed by atoms with Gasteiger partial charge in [-0.05, 0) is 24.6 Å². The predicted octanol–water partition coefficient (Wildman–Crippen LogP) is 1.97. The van der Waals surface area contributed by atoms with Gasteiger partial charge in [-0.15, -0.1) is 0 Å². The van der Waals surface area contributed by atoms with Crippen LogP contribution >= 0.6 is 15.9 Å². The number of aliphatic hydroxyl groups excluding tert-OH is 1. The van der Waals surface area contributed by atoms with Crippen LogP contribution in [0.25, 0.3) is 0 Å². The van der Waals surface area contributed by atoms with Crippen LogP contribution in [-0.4, -0.2) is 21.7 Å². The zero-order valence-electron chi connectivity index (χ0n) is 10.6. The SMILES string of the molecule is Cc1nc(Cc2ccc(Br)cc2)[nH]c(=O)c1CCO. The van der Waals surface area contributed by atoms with Crippen LogP contribution in [0.1, 0.15) is 22.6 Å². The van der Waals surface area contributed by atoms with Gasteiger partial charge in [-0.1, -0.05) is 28.1 Å². The van der Waals surface area contributed by atoms with Crippen LogP contribution < -0.4 is 5.56 Å². The normalized spacial score (nSPS) is 10.7. The highest BCUT2D eigenvalue weighted by molar-refractivity contribution is 9.10. The van der Waals surface area contributed by atoms with Gasteiger partial charge in [0.15, 0.2) is 0 Å². The van der Waals surface area contributed by atoms with Crippen molar-refractivity contribution in [3.05, 3.63) is 61.7 Å². The molecule has 2 rings (SSSR count). The van der Waals surface area contributed by atoms with Crippen LogP contribution in [0.2, 0.25) is 0 Å². The van der Waals surface area contributed by atoms with Gasteiger partial charge in [0, 0.05) is 35.2 Å². The molecule has 1 heterocycles. The van der Waals surface area contributed by atoms with Crippen molar-refractivity contribution in [3.8, 4) is 0 Å². The molecule has 19 heavy (non-hydrogen) atoms.